The highest BCUT2D eigenvalue weighted by atomic mass is 32.2. The summed E-state index contributed by atoms with van der Waals surface area (Å²) in [6.45, 7) is 6.89. The SMILES string of the molecule is CCN(CC)c1ccc(C2=C(c3ccc([N+](=O)[O-])cc3)OCCS2)cc1. The van der Waals surface area contributed by atoms with E-state index in [4.69, 9.17) is 4.74 Å². The van der Waals surface area contributed by atoms with Gasteiger partial charge >= 0.3 is 0 Å². The van der Waals surface area contributed by atoms with Gasteiger partial charge in [0.1, 0.15) is 5.76 Å². The Hall–Kier alpha value is -2.47. The van der Waals surface area contributed by atoms with E-state index in [1.165, 1.54) is 17.8 Å². The fourth-order valence-corrected chi connectivity index (χ4v) is 3.98. The number of hydrogen-bond donors (Lipinski definition) is 0. The van der Waals surface area contributed by atoms with Gasteiger partial charge < -0.3 is 9.64 Å². The van der Waals surface area contributed by atoms with Crippen molar-refractivity contribution in [3.8, 4) is 0 Å². The van der Waals surface area contributed by atoms with Gasteiger partial charge in [0, 0.05) is 42.2 Å². The van der Waals surface area contributed by atoms with Crippen molar-refractivity contribution in [2.45, 2.75) is 13.8 Å². The molecule has 0 spiro atoms. The molecule has 2 aromatic carbocycles. The van der Waals surface area contributed by atoms with Crippen LogP contribution in [0.5, 0.6) is 0 Å². The van der Waals surface area contributed by atoms with Crippen LogP contribution in [0.1, 0.15) is 25.0 Å². The first kappa shape index (κ1) is 18.3. The molecule has 0 aromatic heterocycles. The van der Waals surface area contributed by atoms with E-state index < -0.39 is 0 Å². The maximum Gasteiger partial charge on any atom is 0.269 e. The zero-order chi connectivity index (χ0) is 18.5. The van der Waals surface area contributed by atoms with Crippen LogP contribution in [0.2, 0.25) is 0 Å². The second-order valence-corrected chi connectivity index (χ2v) is 6.98. The van der Waals surface area contributed by atoms with Crippen LogP contribution in [0.4, 0.5) is 11.4 Å². The highest BCUT2D eigenvalue weighted by molar-refractivity contribution is 8.08. The Kier molecular flexibility index (Phi) is 5.83. The predicted octanol–water partition coefficient (Wildman–Crippen LogP) is 5.03. The molecule has 0 aliphatic carbocycles. The van der Waals surface area contributed by atoms with Crippen molar-refractivity contribution >= 4 is 33.8 Å². The fourth-order valence-electron chi connectivity index (χ4n) is 2.99. The second kappa shape index (κ2) is 8.27. The zero-order valence-corrected chi connectivity index (χ0v) is 15.8. The van der Waals surface area contributed by atoms with Crippen molar-refractivity contribution in [2.24, 2.45) is 0 Å². The van der Waals surface area contributed by atoms with Crippen LogP contribution in [0, 0.1) is 10.1 Å². The molecule has 0 fully saturated rings. The minimum atomic E-state index is -0.387. The second-order valence-electron chi connectivity index (χ2n) is 5.88. The largest absolute Gasteiger partial charge is 0.491 e. The summed E-state index contributed by atoms with van der Waals surface area (Å²) in [6, 6.07) is 15.1. The van der Waals surface area contributed by atoms with Crippen LogP contribution >= 0.6 is 11.8 Å². The molecular weight excluding hydrogens is 348 g/mol. The Balaban J connectivity index is 1.95. The monoisotopic (exact) mass is 370 g/mol. The smallest absolute Gasteiger partial charge is 0.269 e. The number of rotatable bonds is 6. The van der Waals surface area contributed by atoms with E-state index in [0.717, 1.165) is 40.6 Å². The van der Waals surface area contributed by atoms with Gasteiger partial charge in [-0.25, -0.2) is 0 Å². The third-order valence-electron chi connectivity index (χ3n) is 4.38. The number of hydrogen-bond acceptors (Lipinski definition) is 5. The first-order chi connectivity index (χ1) is 12.6. The van der Waals surface area contributed by atoms with Gasteiger partial charge in [-0.3, -0.25) is 10.1 Å². The molecule has 1 heterocycles. The van der Waals surface area contributed by atoms with E-state index in [-0.39, 0.29) is 10.6 Å². The van der Waals surface area contributed by atoms with Gasteiger partial charge in [0.2, 0.25) is 0 Å². The van der Waals surface area contributed by atoms with E-state index in [0.29, 0.717) is 6.61 Å². The minimum absolute atomic E-state index is 0.0861. The van der Waals surface area contributed by atoms with Crippen molar-refractivity contribution in [1.82, 2.24) is 0 Å². The van der Waals surface area contributed by atoms with Crippen LogP contribution in [0.3, 0.4) is 0 Å². The average molecular weight is 370 g/mol. The van der Waals surface area contributed by atoms with E-state index in [9.17, 15) is 10.1 Å². The van der Waals surface area contributed by atoms with Crippen LogP contribution in [-0.2, 0) is 4.74 Å². The van der Waals surface area contributed by atoms with Gasteiger partial charge in [-0.05, 0) is 43.7 Å². The first-order valence-electron chi connectivity index (χ1n) is 8.74. The molecule has 0 saturated heterocycles. The van der Waals surface area contributed by atoms with Gasteiger partial charge in [-0.2, -0.15) is 0 Å². The Morgan fingerprint density at radius 3 is 2.23 bits per heavy atom. The molecule has 136 valence electrons. The summed E-state index contributed by atoms with van der Waals surface area (Å²) >= 11 is 1.76. The molecular formula is C20H22N2O3S. The number of nitro groups is 1. The Labute approximate surface area is 157 Å². The van der Waals surface area contributed by atoms with Crippen molar-refractivity contribution in [2.75, 3.05) is 30.3 Å². The lowest BCUT2D eigenvalue weighted by Gasteiger charge is -2.23. The molecule has 0 atom stereocenters. The maximum atomic E-state index is 10.9. The standard InChI is InChI=1S/C20H22N2O3S/c1-3-21(4-2)17-9-7-16(8-10-17)20-19(25-13-14-26-20)15-5-11-18(12-6-15)22(23)24/h5-12H,3-4,13-14H2,1-2H3. The molecule has 0 unspecified atom stereocenters. The highest BCUT2D eigenvalue weighted by Crippen LogP contribution is 2.40. The van der Waals surface area contributed by atoms with E-state index in [1.807, 2.05) is 0 Å². The molecule has 2 aromatic rings. The summed E-state index contributed by atoms with van der Waals surface area (Å²) in [7, 11) is 0. The van der Waals surface area contributed by atoms with Gasteiger partial charge in [-0.1, -0.05) is 12.1 Å². The van der Waals surface area contributed by atoms with Crippen LogP contribution in [0.25, 0.3) is 10.7 Å². The summed E-state index contributed by atoms with van der Waals surface area (Å²) in [6.07, 6.45) is 0. The topological polar surface area (TPSA) is 55.6 Å². The summed E-state index contributed by atoms with van der Waals surface area (Å²) in [5.74, 6) is 1.69. The predicted molar refractivity (Wildman–Crippen MR) is 108 cm³/mol. The average Bonchev–Trinajstić information content (AvgIpc) is 2.69. The van der Waals surface area contributed by atoms with E-state index in [1.54, 1.807) is 23.9 Å². The first-order valence-corrected chi connectivity index (χ1v) is 9.72. The number of benzene rings is 2. The number of ether oxygens (including phenoxy) is 1. The molecule has 6 heteroatoms. The summed E-state index contributed by atoms with van der Waals surface area (Å²) in [5, 5.41) is 10.9. The van der Waals surface area contributed by atoms with Gasteiger partial charge in [0.05, 0.1) is 16.4 Å². The molecule has 1 aliphatic rings. The zero-order valence-electron chi connectivity index (χ0n) is 15.0. The summed E-state index contributed by atoms with van der Waals surface area (Å²) in [5.41, 5.74) is 3.27. The lowest BCUT2D eigenvalue weighted by molar-refractivity contribution is -0.384. The normalized spacial score (nSPS) is 14.1. The molecule has 26 heavy (non-hydrogen) atoms. The molecule has 3 rings (SSSR count). The summed E-state index contributed by atoms with van der Waals surface area (Å²) in [4.78, 5) is 13.9. The lowest BCUT2D eigenvalue weighted by atomic mass is 10.1. The highest BCUT2D eigenvalue weighted by Gasteiger charge is 2.19. The van der Waals surface area contributed by atoms with Crippen molar-refractivity contribution in [1.29, 1.82) is 0 Å². The molecule has 0 N–H and O–H groups in total. The summed E-state index contributed by atoms with van der Waals surface area (Å²) < 4.78 is 5.93. The van der Waals surface area contributed by atoms with Gasteiger partial charge in [0.25, 0.3) is 5.69 Å². The molecule has 1 aliphatic heterocycles. The molecule has 0 radical (unpaired) electrons. The van der Waals surface area contributed by atoms with Crippen LogP contribution in [0.15, 0.2) is 48.5 Å². The van der Waals surface area contributed by atoms with Crippen LogP contribution < -0.4 is 4.90 Å². The quantitative estimate of drug-likeness (QED) is 0.527. The number of anilines is 1. The number of thioether (sulfide) groups is 1. The van der Waals surface area contributed by atoms with Gasteiger partial charge in [-0.15, -0.1) is 11.8 Å². The van der Waals surface area contributed by atoms with Crippen molar-refractivity contribution in [3.63, 3.8) is 0 Å². The molecule has 5 nitrogen and oxygen atoms in total. The van der Waals surface area contributed by atoms with Crippen molar-refractivity contribution in [3.05, 3.63) is 69.8 Å². The third-order valence-corrected chi connectivity index (χ3v) is 5.46. The van der Waals surface area contributed by atoms with Crippen LogP contribution in [-0.4, -0.2) is 30.4 Å². The number of nitrogens with zero attached hydrogens (tertiary/aromatic N) is 2. The van der Waals surface area contributed by atoms with E-state index >= 15 is 0 Å². The number of non-ortho nitro benzene ring substituents is 1. The van der Waals surface area contributed by atoms with E-state index in [2.05, 4.69) is 43.0 Å². The van der Waals surface area contributed by atoms with Gasteiger partial charge in [0.15, 0.2) is 0 Å². The minimum Gasteiger partial charge on any atom is -0.491 e. The fraction of sp³-hybridized carbons (Fsp3) is 0.300. The Morgan fingerprint density at radius 2 is 1.65 bits per heavy atom. The Morgan fingerprint density at radius 1 is 1.04 bits per heavy atom. The lowest BCUT2D eigenvalue weighted by Crippen LogP contribution is -2.21. The van der Waals surface area contributed by atoms with Crippen molar-refractivity contribution < 1.29 is 9.66 Å². The maximum absolute atomic E-state index is 10.9. The molecule has 0 saturated carbocycles. The number of nitro benzene ring substituents is 1. The third kappa shape index (κ3) is 3.85. The molecule has 0 amide bonds. The Bertz CT molecular complexity index is 797. The molecule has 0 bridgehead atoms.